The number of nitrogens with zero attached hydrogens (tertiary/aromatic N) is 3. The van der Waals surface area contributed by atoms with E-state index in [1.807, 2.05) is 0 Å². The van der Waals surface area contributed by atoms with Crippen LogP contribution in [0.5, 0.6) is 0 Å². The van der Waals surface area contributed by atoms with Gasteiger partial charge in [0.2, 0.25) is 17.5 Å². The highest BCUT2D eigenvalue weighted by molar-refractivity contribution is 5.53. The van der Waals surface area contributed by atoms with Crippen molar-refractivity contribution in [1.82, 2.24) is 19.9 Å². The molecule has 2 unspecified atom stereocenters. The molecular formula is C18H24N6O. The van der Waals surface area contributed by atoms with Crippen molar-refractivity contribution in [2.45, 2.75) is 51.6 Å². The number of aromatic amines is 1. The number of anilines is 2. The summed E-state index contributed by atoms with van der Waals surface area (Å²) in [6.45, 7) is 4.32. The summed E-state index contributed by atoms with van der Waals surface area (Å²) >= 11 is 0. The fraction of sp³-hybridized carbons (Fsp3) is 0.556. The van der Waals surface area contributed by atoms with Crippen molar-refractivity contribution in [3.8, 4) is 11.5 Å². The molecule has 0 bridgehead atoms. The molecule has 0 saturated heterocycles. The van der Waals surface area contributed by atoms with Crippen LogP contribution in [0.1, 0.15) is 39.5 Å². The predicted octanol–water partition coefficient (Wildman–Crippen LogP) is 2.65. The third-order valence-corrected chi connectivity index (χ3v) is 5.02. The number of hydrogen-bond acceptors (Lipinski definition) is 6. The molecule has 2 aromatic rings. The Kier molecular flexibility index (Phi) is 4.15. The third kappa shape index (κ3) is 3.97. The maximum Gasteiger partial charge on any atom is 0.248 e. The summed E-state index contributed by atoms with van der Waals surface area (Å²) < 4.78 is 0. The summed E-state index contributed by atoms with van der Waals surface area (Å²) in [5.41, 5.74) is 0.429. The Labute approximate surface area is 146 Å². The van der Waals surface area contributed by atoms with Gasteiger partial charge < -0.3 is 15.6 Å². The first-order valence-electron chi connectivity index (χ1n) is 9.07. The molecule has 2 atom stereocenters. The third-order valence-electron chi connectivity index (χ3n) is 5.02. The van der Waals surface area contributed by atoms with Crippen LogP contribution < -0.4 is 16.2 Å². The van der Waals surface area contributed by atoms with E-state index in [1.54, 1.807) is 12.1 Å². The molecular weight excluding hydrogens is 316 g/mol. The van der Waals surface area contributed by atoms with Gasteiger partial charge in [-0.1, -0.05) is 6.07 Å². The zero-order valence-corrected chi connectivity index (χ0v) is 14.6. The first-order valence-corrected chi connectivity index (χ1v) is 9.07. The maximum atomic E-state index is 11.6. The Hall–Kier alpha value is -2.44. The fourth-order valence-corrected chi connectivity index (χ4v) is 3.04. The number of pyridine rings is 1. The lowest BCUT2D eigenvalue weighted by Crippen LogP contribution is -2.23. The second-order valence-electron chi connectivity index (χ2n) is 7.28. The van der Waals surface area contributed by atoms with Gasteiger partial charge >= 0.3 is 0 Å². The summed E-state index contributed by atoms with van der Waals surface area (Å²) in [5.74, 6) is 2.97. The van der Waals surface area contributed by atoms with Crippen molar-refractivity contribution in [3.63, 3.8) is 0 Å². The van der Waals surface area contributed by atoms with Gasteiger partial charge in [0.05, 0.1) is 5.69 Å². The van der Waals surface area contributed by atoms with Crippen LogP contribution in [0.25, 0.3) is 11.5 Å². The minimum absolute atomic E-state index is 0.167. The normalized spacial score (nSPS) is 19.3. The molecule has 132 valence electrons. The zero-order chi connectivity index (χ0) is 17.4. The van der Waals surface area contributed by atoms with Gasteiger partial charge in [0.15, 0.2) is 5.82 Å². The quantitative estimate of drug-likeness (QED) is 0.717. The summed E-state index contributed by atoms with van der Waals surface area (Å²) in [6.07, 6.45) is 5.01. The largest absolute Gasteiger partial charge is 0.351 e. The van der Waals surface area contributed by atoms with Crippen molar-refractivity contribution in [3.05, 3.63) is 28.6 Å². The second-order valence-corrected chi connectivity index (χ2v) is 7.28. The van der Waals surface area contributed by atoms with Crippen molar-refractivity contribution in [2.75, 3.05) is 10.6 Å². The Morgan fingerprint density at radius 3 is 2.00 bits per heavy atom. The van der Waals surface area contributed by atoms with E-state index < -0.39 is 0 Å². The van der Waals surface area contributed by atoms with Gasteiger partial charge in [0.1, 0.15) is 0 Å². The highest BCUT2D eigenvalue weighted by Gasteiger charge is 2.30. The number of H-pyrrole nitrogens is 1. The van der Waals surface area contributed by atoms with Crippen LogP contribution in [-0.4, -0.2) is 32.0 Å². The Morgan fingerprint density at radius 1 is 0.960 bits per heavy atom. The lowest BCUT2D eigenvalue weighted by Gasteiger charge is -2.17. The number of nitrogens with one attached hydrogen (secondary N) is 3. The summed E-state index contributed by atoms with van der Waals surface area (Å²) in [4.78, 5) is 28.0. The van der Waals surface area contributed by atoms with E-state index in [2.05, 4.69) is 44.4 Å². The Morgan fingerprint density at radius 2 is 1.52 bits per heavy atom. The van der Waals surface area contributed by atoms with E-state index in [0.29, 0.717) is 47.3 Å². The van der Waals surface area contributed by atoms with Crippen LogP contribution >= 0.6 is 0 Å². The van der Waals surface area contributed by atoms with Gasteiger partial charge in [0, 0.05) is 18.2 Å². The van der Waals surface area contributed by atoms with Crippen LogP contribution in [0.4, 0.5) is 11.9 Å². The van der Waals surface area contributed by atoms with Gasteiger partial charge in [-0.3, -0.25) is 4.79 Å². The van der Waals surface area contributed by atoms with Crippen molar-refractivity contribution >= 4 is 11.9 Å². The van der Waals surface area contributed by atoms with Crippen LogP contribution in [0.3, 0.4) is 0 Å². The standard InChI is InChI=1S/C18H24N6O/c1-10(12-6-7-12)19-17-22-16(14-4-3-5-15(25)21-14)23-18(24-17)20-11(2)13-8-9-13/h3-5,10-13H,6-9H2,1-2H3,(H,21,25)(H2,19,20,22,23,24). The molecule has 2 heterocycles. The van der Waals surface area contributed by atoms with Crippen LogP contribution in [0.2, 0.25) is 0 Å². The molecule has 4 rings (SSSR count). The molecule has 2 fully saturated rings. The van der Waals surface area contributed by atoms with Crippen LogP contribution in [0.15, 0.2) is 23.0 Å². The molecule has 0 aromatic carbocycles. The second kappa shape index (κ2) is 6.46. The topological polar surface area (TPSA) is 95.6 Å². The molecule has 0 radical (unpaired) electrons. The van der Waals surface area contributed by atoms with Gasteiger partial charge in [-0.05, 0) is 57.4 Å². The summed E-state index contributed by atoms with van der Waals surface area (Å²) in [7, 11) is 0. The molecule has 0 spiro atoms. The van der Waals surface area contributed by atoms with Gasteiger partial charge in [-0.2, -0.15) is 15.0 Å². The molecule has 0 amide bonds. The molecule has 3 N–H and O–H groups in total. The predicted molar refractivity (Wildman–Crippen MR) is 97.5 cm³/mol. The van der Waals surface area contributed by atoms with Crippen LogP contribution in [-0.2, 0) is 0 Å². The number of hydrogen-bond donors (Lipinski definition) is 3. The molecule has 25 heavy (non-hydrogen) atoms. The van der Waals surface area contributed by atoms with E-state index in [1.165, 1.54) is 31.7 Å². The lowest BCUT2D eigenvalue weighted by atomic mass is 10.2. The Bertz CT molecular complexity index is 773. The van der Waals surface area contributed by atoms with E-state index >= 15 is 0 Å². The van der Waals surface area contributed by atoms with Crippen molar-refractivity contribution < 1.29 is 0 Å². The van der Waals surface area contributed by atoms with Crippen LogP contribution in [0, 0.1) is 11.8 Å². The van der Waals surface area contributed by atoms with Gasteiger partial charge in [-0.25, -0.2) is 0 Å². The minimum atomic E-state index is -0.167. The molecule has 7 nitrogen and oxygen atoms in total. The first-order chi connectivity index (χ1) is 12.1. The van der Waals surface area contributed by atoms with Crippen molar-refractivity contribution in [1.29, 1.82) is 0 Å². The molecule has 2 aliphatic rings. The molecule has 7 heteroatoms. The average molecular weight is 340 g/mol. The Balaban J connectivity index is 1.64. The van der Waals surface area contributed by atoms with Gasteiger partial charge in [-0.15, -0.1) is 0 Å². The number of aromatic nitrogens is 4. The molecule has 2 aliphatic carbocycles. The number of rotatable bonds is 7. The van der Waals surface area contributed by atoms with E-state index in [0.717, 1.165) is 0 Å². The highest BCUT2D eigenvalue weighted by atomic mass is 16.1. The lowest BCUT2D eigenvalue weighted by molar-refractivity contribution is 0.676. The van der Waals surface area contributed by atoms with Crippen molar-refractivity contribution in [2.24, 2.45) is 11.8 Å². The smallest absolute Gasteiger partial charge is 0.248 e. The maximum absolute atomic E-state index is 11.6. The van der Waals surface area contributed by atoms with Gasteiger partial charge in [0.25, 0.3) is 0 Å². The minimum Gasteiger partial charge on any atom is -0.351 e. The van der Waals surface area contributed by atoms with E-state index in [-0.39, 0.29) is 5.56 Å². The SMILES string of the molecule is CC(Nc1nc(NC(C)C2CC2)nc(-c2cccc(=O)[nH]2)n1)C1CC1. The van der Waals surface area contributed by atoms with E-state index in [4.69, 9.17) is 0 Å². The summed E-state index contributed by atoms with van der Waals surface area (Å²) in [5, 5.41) is 6.79. The molecule has 0 aliphatic heterocycles. The summed E-state index contributed by atoms with van der Waals surface area (Å²) in [6, 6.07) is 5.65. The molecule has 2 saturated carbocycles. The highest BCUT2D eigenvalue weighted by Crippen LogP contribution is 2.35. The first kappa shape index (κ1) is 16.1. The average Bonchev–Trinajstić information content (AvgIpc) is 3.48. The van der Waals surface area contributed by atoms with E-state index in [9.17, 15) is 4.79 Å². The monoisotopic (exact) mass is 340 g/mol. The zero-order valence-electron chi connectivity index (χ0n) is 14.6. The fourth-order valence-electron chi connectivity index (χ4n) is 3.04. The molecule has 2 aromatic heterocycles.